The number of nitrogens with one attached hydrogen (secondary N) is 1. The van der Waals surface area contributed by atoms with Crippen LogP contribution in [0.3, 0.4) is 0 Å². The predicted octanol–water partition coefficient (Wildman–Crippen LogP) is 2.11. The molecule has 0 saturated heterocycles. The number of hydrogen-bond acceptors (Lipinski definition) is 4. The highest BCUT2D eigenvalue weighted by atomic mass is 16.3. The fraction of sp³-hybridized carbons (Fsp3) is 0.0625. The molecule has 0 saturated carbocycles. The number of carbonyl (C=O) groups excluding carboxylic acids is 1. The van der Waals surface area contributed by atoms with Crippen molar-refractivity contribution >= 4 is 17.8 Å². The molecule has 22 heavy (non-hydrogen) atoms. The molecule has 0 spiro atoms. The summed E-state index contributed by atoms with van der Waals surface area (Å²) in [6.07, 6.45) is 3.36. The Kier molecular flexibility index (Phi) is 3.57. The first-order chi connectivity index (χ1) is 10.6. The van der Waals surface area contributed by atoms with Gasteiger partial charge in [0.2, 0.25) is 0 Å². The van der Waals surface area contributed by atoms with E-state index in [0.717, 1.165) is 11.3 Å². The Bertz CT molecular complexity index is 850. The van der Waals surface area contributed by atoms with Gasteiger partial charge in [-0.15, -0.1) is 0 Å². The zero-order chi connectivity index (χ0) is 15.5. The minimum Gasteiger partial charge on any atom is -0.508 e. The SMILES string of the molecule is Cc1c(C(=O)NN=Cc2ccc(O)cc2)nc2ccccn12. The van der Waals surface area contributed by atoms with Crippen LogP contribution in [-0.4, -0.2) is 26.6 Å². The number of benzene rings is 1. The van der Waals surface area contributed by atoms with E-state index in [1.54, 1.807) is 24.3 Å². The Morgan fingerprint density at radius 2 is 2.05 bits per heavy atom. The van der Waals surface area contributed by atoms with Crippen molar-refractivity contribution in [3.05, 3.63) is 65.6 Å². The van der Waals surface area contributed by atoms with Crippen LogP contribution in [-0.2, 0) is 0 Å². The van der Waals surface area contributed by atoms with Crippen molar-refractivity contribution in [3.63, 3.8) is 0 Å². The van der Waals surface area contributed by atoms with Crippen LogP contribution in [0.15, 0.2) is 53.8 Å². The lowest BCUT2D eigenvalue weighted by Crippen LogP contribution is -2.19. The lowest BCUT2D eigenvalue weighted by atomic mass is 10.2. The van der Waals surface area contributed by atoms with Crippen LogP contribution in [0.25, 0.3) is 5.65 Å². The maximum atomic E-state index is 12.1. The zero-order valence-electron chi connectivity index (χ0n) is 11.9. The number of aromatic hydroxyl groups is 1. The first-order valence-corrected chi connectivity index (χ1v) is 6.71. The van der Waals surface area contributed by atoms with Gasteiger partial charge in [0, 0.05) is 6.20 Å². The lowest BCUT2D eigenvalue weighted by molar-refractivity contribution is 0.0950. The van der Waals surface area contributed by atoms with Crippen LogP contribution in [0.4, 0.5) is 0 Å². The maximum absolute atomic E-state index is 12.1. The van der Waals surface area contributed by atoms with Gasteiger partial charge >= 0.3 is 0 Å². The van der Waals surface area contributed by atoms with Crippen LogP contribution in [0.1, 0.15) is 21.7 Å². The minimum atomic E-state index is -0.365. The molecule has 0 fully saturated rings. The average Bonchev–Trinajstić information content (AvgIpc) is 2.87. The number of imidazole rings is 1. The van der Waals surface area contributed by atoms with Gasteiger partial charge in [-0.3, -0.25) is 4.79 Å². The summed E-state index contributed by atoms with van der Waals surface area (Å²) in [4.78, 5) is 16.4. The summed E-state index contributed by atoms with van der Waals surface area (Å²) in [6, 6.07) is 12.1. The molecule has 0 bridgehead atoms. The molecule has 0 radical (unpaired) electrons. The molecule has 2 aromatic heterocycles. The van der Waals surface area contributed by atoms with Gasteiger partial charge in [-0.25, -0.2) is 10.4 Å². The molecule has 1 amide bonds. The number of nitrogens with zero attached hydrogens (tertiary/aromatic N) is 3. The number of amides is 1. The van der Waals surface area contributed by atoms with E-state index in [0.29, 0.717) is 11.3 Å². The number of rotatable bonds is 3. The van der Waals surface area contributed by atoms with Gasteiger partial charge in [-0.2, -0.15) is 5.10 Å². The molecular weight excluding hydrogens is 280 g/mol. The molecule has 2 heterocycles. The monoisotopic (exact) mass is 294 g/mol. The molecule has 0 aliphatic carbocycles. The Balaban J connectivity index is 1.76. The number of pyridine rings is 1. The summed E-state index contributed by atoms with van der Waals surface area (Å²) in [5.41, 5.74) is 5.04. The molecule has 0 aliphatic heterocycles. The van der Waals surface area contributed by atoms with Crippen molar-refractivity contribution < 1.29 is 9.90 Å². The number of fused-ring (bicyclic) bond motifs is 1. The van der Waals surface area contributed by atoms with E-state index in [9.17, 15) is 9.90 Å². The van der Waals surface area contributed by atoms with E-state index >= 15 is 0 Å². The Labute approximate surface area is 126 Å². The third kappa shape index (κ3) is 2.67. The van der Waals surface area contributed by atoms with Crippen molar-refractivity contribution in [2.45, 2.75) is 6.92 Å². The van der Waals surface area contributed by atoms with E-state index in [-0.39, 0.29) is 11.7 Å². The van der Waals surface area contributed by atoms with Gasteiger partial charge in [0.25, 0.3) is 5.91 Å². The normalized spacial score (nSPS) is 11.1. The second-order valence-corrected chi connectivity index (χ2v) is 4.77. The Hall–Kier alpha value is -3.15. The summed E-state index contributed by atoms with van der Waals surface area (Å²) in [5, 5.41) is 13.1. The number of aryl methyl sites for hydroxylation is 1. The van der Waals surface area contributed by atoms with E-state index in [1.165, 1.54) is 6.21 Å². The summed E-state index contributed by atoms with van der Waals surface area (Å²) in [7, 11) is 0. The number of phenolic OH excluding ortho intramolecular Hbond substituents is 1. The fourth-order valence-electron chi connectivity index (χ4n) is 2.11. The van der Waals surface area contributed by atoms with Gasteiger partial charge in [-0.1, -0.05) is 6.07 Å². The Morgan fingerprint density at radius 3 is 2.77 bits per heavy atom. The smallest absolute Gasteiger partial charge is 0.291 e. The first-order valence-electron chi connectivity index (χ1n) is 6.71. The number of aromatic nitrogens is 2. The highest BCUT2D eigenvalue weighted by Gasteiger charge is 2.14. The average molecular weight is 294 g/mol. The topological polar surface area (TPSA) is 79.0 Å². The summed E-state index contributed by atoms with van der Waals surface area (Å²) < 4.78 is 1.85. The molecule has 6 heteroatoms. The third-order valence-corrected chi connectivity index (χ3v) is 3.26. The van der Waals surface area contributed by atoms with Gasteiger partial charge < -0.3 is 9.51 Å². The molecular formula is C16H14N4O2. The maximum Gasteiger partial charge on any atom is 0.291 e. The molecule has 3 rings (SSSR count). The van der Waals surface area contributed by atoms with Gasteiger partial charge in [-0.05, 0) is 48.9 Å². The van der Waals surface area contributed by atoms with Crippen molar-refractivity contribution in [2.24, 2.45) is 5.10 Å². The van der Waals surface area contributed by atoms with Crippen LogP contribution in [0, 0.1) is 6.92 Å². The van der Waals surface area contributed by atoms with Gasteiger partial charge in [0.15, 0.2) is 5.69 Å². The molecule has 2 N–H and O–H groups in total. The number of carbonyl (C=O) groups is 1. The van der Waals surface area contributed by atoms with Crippen LogP contribution in [0.5, 0.6) is 5.75 Å². The van der Waals surface area contributed by atoms with Crippen molar-refractivity contribution in [1.29, 1.82) is 0 Å². The summed E-state index contributed by atoms with van der Waals surface area (Å²) in [6.45, 7) is 1.83. The van der Waals surface area contributed by atoms with E-state index in [2.05, 4.69) is 15.5 Å². The molecule has 110 valence electrons. The zero-order valence-corrected chi connectivity index (χ0v) is 11.9. The first kappa shape index (κ1) is 13.8. The van der Waals surface area contributed by atoms with Crippen molar-refractivity contribution in [3.8, 4) is 5.75 Å². The quantitative estimate of drug-likeness (QED) is 0.573. The lowest BCUT2D eigenvalue weighted by Gasteiger charge is -1.98. The third-order valence-electron chi connectivity index (χ3n) is 3.26. The second kappa shape index (κ2) is 5.69. The predicted molar refractivity (Wildman–Crippen MR) is 83.1 cm³/mol. The summed E-state index contributed by atoms with van der Waals surface area (Å²) in [5.74, 6) is -0.183. The molecule has 1 aromatic carbocycles. The molecule has 0 aliphatic rings. The van der Waals surface area contributed by atoms with E-state index in [1.807, 2.05) is 35.7 Å². The van der Waals surface area contributed by atoms with Crippen molar-refractivity contribution in [1.82, 2.24) is 14.8 Å². The highest BCUT2D eigenvalue weighted by Crippen LogP contribution is 2.11. The molecule has 0 atom stereocenters. The number of hydrogen-bond donors (Lipinski definition) is 2. The minimum absolute atomic E-state index is 0.182. The molecule has 3 aromatic rings. The largest absolute Gasteiger partial charge is 0.508 e. The van der Waals surface area contributed by atoms with Crippen LogP contribution >= 0.6 is 0 Å². The standard InChI is InChI=1S/C16H14N4O2/c1-11-15(18-14-4-2-3-9-20(11)14)16(22)19-17-10-12-5-7-13(21)8-6-12/h2-10,21H,1H3,(H,19,22). The fourth-order valence-corrected chi connectivity index (χ4v) is 2.11. The van der Waals surface area contributed by atoms with Gasteiger partial charge in [0.1, 0.15) is 11.4 Å². The summed E-state index contributed by atoms with van der Waals surface area (Å²) >= 11 is 0. The Morgan fingerprint density at radius 1 is 1.27 bits per heavy atom. The molecule has 6 nitrogen and oxygen atoms in total. The highest BCUT2D eigenvalue weighted by molar-refractivity contribution is 5.95. The van der Waals surface area contributed by atoms with E-state index in [4.69, 9.17) is 0 Å². The second-order valence-electron chi connectivity index (χ2n) is 4.77. The van der Waals surface area contributed by atoms with Crippen LogP contribution < -0.4 is 5.43 Å². The molecule has 0 unspecified atom stereocenters. The van der Waals surface area contributed by atoms with Gasteiger partial charge in [0.05, 0.1) is 11.9 Å². The number of hydrazone groups is 1. The van der Waals surface area contributed by atoms with Crippen LogP contribution in [0.2, 0.25) is 0 Å². The number of phenols is 1. The van der Waals surface area contributed by atoms with Crippen molar-refractivity contribution in [2.75, 3.05) is 0 Å². The van der Waals surface area contributed by atoms with E-state index < -0.39 is 0 Å².